The molecule has 0 aromatic heterocycles. The van der Waals surface area contributed by atoms with E-state index >= 15 is 0 Å². The molecule has 0 radical (unpaired) electrons. The molecule has 1 aromatic carbocycles. The zero-order valence-corrected chi connectivity index (χ0v) is 16.3. The van der Waals surface area contributed by atoms with Crippen LogP contribution in [0.4, 0.5) is 4.79 Å². The number of urea groups is 1. The molecule has 1 heterocycles. The van der Waals surface area contributed by atoms with Crippen LogP contribution in [0.5, 0.6) is 0 Å². The molecule has 1 aliphatic carbocycles. The van der Waals surface area contributed by atoms with Crippen LogP contribution < -0.4 is 5.32 Å². The Bertz CT molecular complexity index is 626. The van der Waals surface area contributed by atoms with E-state index in [1.54, 1.807) is 0 Å². The Morgan fingerprint density at radius 1 is 1.00 bits per heavy atom. The van der Waals surface area contributed by atoms with Crippen molar-refractivity contribution in [3.05, 3.63) is 35.4 Å². The third-order valence-electron chi connectivity index (χ3n) is 5.59. The number of ether oxygens (including phenoxy) is 1. The summed E-state index contributed by atoms with van der Waals surface area (Å²) in [6.45, 7) is 4.26. The van der Waals surface area contributed by atoms with Crippen LogP contribution >= 0.6 is 0 Å². The molecule has 1 saturated heterocycles. The van der Waals surface area contributed by atoms with Crippen molar-refractivity contribution in [2.75, 3.05) is 33.3 Å². The van der Waals surface area contributed by atoms with Gasteiger partial charge in [-0.15, -0.1) is 0 Å². The number of rotatable bonds is 4. The van der Waals surface area contributed by atoms with Crippen molar-refractivity contribution >= 4 is 12.0 Å². The Balaban J connectivity index is 1.47. The maximum absolute atomic E-state index is 12.6. The molecule has 6 nitrogen and oxygen atoms in total. The molecule has 148 valence electrons. The Morgan fingerprint density at radius 2 is 1.74 bits per heavy atom. The summed E-state index contributed by atoms with van der Waals surface area (Å²) in [5, 5.41) is 3.23. The van der Waals surface area contributed by atoms with Crippen molar-refractivity contribution in [3.8, 4) is 0 Å². The second kappa shape index (κ2) is 9.74. The molecule has 1 aliphatic heterocycles. The topological polar surface area (TPSA) is 61.9 Å². The lowest BCUT2D eigenvalue weighted by Gasteiger charge is -2.27. The maximum Gasteiger partial charge on any atom is 0.337 e. The summed E-state index contributed by atoms with van der Waals surface area (Å²) in [7, 11) is 1.39. The van der Waals surface area contributed by atoms with E-state index in [0.29, 0.717) is 11.6 Å². The minimum atomic E-state index is -0.309. The molecule has 2 amide bonds. The van der Waals surface area contributed by atoms with Crippen molar-refractivity contribution in [1.82, 2.24) is 15.1 Å². The highest BCUT2D eigenvalue weighted by Crippen LogP contribution is 2.18. The molecule has 0 spiro atoms. The van der Waals surface area contributed by atoms with E-state index < -0.39 is 0 Å². The highest BCUT2D eigenvalue weighted by atomic mass is 16.5. The van der Waals surface area contributed by atoms with Gasteiger partial charge in [-0.1, -0.05) is 31.4 Å². The van der Waals surface area contributed by atoms with Gasteiger partial charge in [0.2, 0.25) is 0 Å². The predicted molar refractivity (Wildman–Crippen MR) is 105 cm³/mol. The Labute approximate surface area is 161 Å². The molecule has 0 unspecified atom stereocenters. The summed E-state index contributed by atoms with van der Waals surface area (Å²) in [6, 6.07) is 8.03. The molecule has 0 atom stereocenters. The van der Waals surface area contributed by atoms with Crippen LogP contribution in [0.3, 0.4) is 0 Å². The van der Waals surface area contributed by atoms with Gasteiger partial charge in [-0.2, -0.15) is 0 Å². The molecule has 2 fully saturated rings. The Kier molecular flexibility index (Phi) is 7.10. The summed E-state index contributed by atoms with van der Waals surface area (Å²) >= 11 is 0. The summed E-state index contributed by atoms with van der Waals surface area (Å²) in [5.41, 5.74) is 1.74. The first-order valence-electron chi connectivity index (χ1n) is 10.1. The van der Waals surface area contributed by atoms with Crippen molar-refractivity contribution in [3.63, 3.8) is 0 Å². The van der Waals surface area contributed by atoms with Gasteiger partial charge in [-0.05, 0) is 37.0 Å². The van der Waals surface area contributed by atoms with Gasteiger partial charge in [0.1, 0.15) is 0 Å². The fourth-order valence-electron chi connectivity index (χ4n) is 3.97. The summed E-state index contributed by atoms with van der Waals surface area (Å²) in [5.74, 6) is -0.309. The Morgan fingerprint density at radius 3 is 2.44 bits per heavy atom. The molecule has 6 heteroatoms. The van der Waals surface area contributed by atoms with Crippen LogP contribution in [0, 0.1) is 0 Å². The molecule has 1 N–H and O–H groups in total. The number of carbonyl (C=O) groups excluding carboxylic acids is 2. The number of hydrogen-bond donors (Lipinski definition) is 1. The van der Waals surface area contributed by atoms with E-state index in [-0.39, 0.29) is 12.0 Å². The Hall–Kier alpha value is -2.08. The van der Waals surface area contributed by atoms with E-state index in [0.717, 1.165) is 52.0 Å². The van der Waals surface area contributed by atoms with Gasteiger partial charge < -0.3 is 15.0 Å². The lowest BCUT2D eigenvalue weighted by Crippen LogP contribution is -2.46. The van der Waals surface area contributed by atoms with Crippen LogP contribution in [0.25, 0.3) is 0 Å². The average molecular weight is 373 g/mol. The number of benzene rings is 1. The standard InChI is InChI=1S/C21H31N3O3/c1-27-20(25)18-10-8-17(9-11-18)16-23-12-5-13-24(15-14-23)21(26)22-19-6-3-2-4-7-19/h8-11,19H,2-7,12-16H2,1H3,(H,22,26). The molecular weight excluding hydrogens is 342 g/mol. The lowest BCUT2D eigenvalue weighted by molar-refractivity contribution is 0.0600. The number of amides is 2. The van der Waals surface area contributed by atoms with Crippen molar-refractivity contribution in [1.29, 1.82) is 0 Å². The van der Waals surface area contributed by atoms with E-state index in [4.69, 9.17) is 4.74 Å². The van der Waals surface area contributed by atoms with Gasteiger partial charge in [-0.3, -0.25) is 4.90 Å². The third kappa shape index (κ3) is 5.70. The van der Waals surface area contributed by atoms with Crippen molar-refractivity contribution < 1.29 is 14.3 Å². The van der Waals surface area contributed by atoms with Gasteiger partial charge in [0.25, 0.3) is 0 Å². The average Bonchev–Trinajstić information content (AvgIpc) is 2.94. The number of hydrogen-bond acceptors (Lipinski definition) is 4. The second-order valence-corrected chi connectivity index (χ2v) is 7.59. The molecule has 0 bridgehead atoms. The predicted octanol–water partition coefficient (Wildman–Crippen LogP) is 3.02. The van der Waals surface area contributed by atoms with Crippen molar-refractivity contribution in [2.24, 2.45) is 0 Å². The molecule has 2 aliphatic rings. The highest BCUT2D eigenvalue weighted by molar-refractivity contribution is 5.89. The number of nitrogens with one attached hydrogen (secondary N) is 1. The van der Waals surface area contributed by atoms with Gasteiger partial charge in [0.15, 0.2) is 0 Å². The minimum Gasteiger partial charge on any atom is -0.465 e. The van der Waals surface area contributed by atoms with Gasteiger partial charge in [0.05, 0.1) is 12.7 Å². The smallest absolute Gasteiger partial charge is 0.337 e. The van der Waals surface area contributed by atoms with Gasteiger partial charge in [0, 0.05) is 38.8 Å². The van der Waals surface area contributed by atoms with E-state index in [9.17, 15) is 9.59 Å². The minimum absolute atomic E-state index is 0.103. The van der Waals surface area contributed by atoms with Crippen LogP contribution in [0.2, 0.25) is 0 Å². The van der Waals surface area contributed by atoms with E-state index in [2.05, 4.69) is 10.2 Å². The highest BCUT2D eigenvalue weighted by Gasteiger charge is 2.22. The number of carbonyl (C=O) groups is 2. The molecule has 1 saturated carbocycles. The zero-order valence-electron chi connectivity index (χ0n) is 16.3. The second-order valence-electron chi connectivity index (χ2n) is 7.59. The fourth-order valence-corrected chi connectivity index (χ4v) is 3.97. The van der Waals surface area contributed by atoms with Crippen LogP contribution in [-0.2, 0) is 11.3 Å². The number of nitrogens with zero attached hydrogens (tertiary/aromatic N) is 2. The lowest BCUT2D eigenvalue weighted by atomic mass is 9.96. The molecular formula is C21H31N3O3. The van der Waals surface area contributed by atoms with Crippen LogP contribution in [-0.4, -0.2) is 61.1 Å². The zero-order chi connectivity index (χ0) is 19.1. The molecule has 3 rings (SSSR count). The van der Waals surface area contributed by atoms with Gasteiger partial charge in [-0.25, -0.2) is 9.59 Å². The summed E-state index contributed by atoms with van der Waals surface area (Å²) in [6.07, 6.45) is 6.98. The number of methoxy groups -OCH3 is 1. The normalized spacial score (nSPS) is 19.4. The van der Waals surface area contributed by atoms with E-state index in [1.807, 2.05) is 29.2 Å². The van der Waals surface area contributed by atoms with Gasteiger partial charge >= 0.3 is 12.0 Å². The first-order valence-corrected chi connectivity index (χ1v) is 10.1. The van der Waals surface area contributed by atoms with Crippen LogP contribution in [0.15, 0.2) is 24.3 Å². The number of esters is 1. The van der Waals surface area contributed by atoms with Crippen LogP contribution in [0.1, 0.15) is 54.4 Å². The van der Waals surface area contributed by atoms with E-state index in [1.165, 1.54) is 31.9 Å². The molecule has 1 aromatic rings. The monoisotopic (exact) mass is 373 g/mol. The van der Waals surface area contributed by atoms with Crippen molar-refractivity contribution in [2.45, 2.75) is 51.1 Å². The SMILES string of the molecule is COC(=O)c1ccc(CN2CCCN(C(=O)NC3CCCCC3)CC2)cc1. The summed E-state index contributed by atoms with van der Waals surface area (Å²) < 4.78 is 4.74. The first-order chi connectivity index (χ1) is 13.2. The summed E-state index contributed by atoms with van der Waals surface area (Å²) in [4.78, 5) is 28.4. The third-order valence-corrected chi connectivity index (χ3v) is 5.59. The molecule has 27 heavy (non-hydrogen) atoms. The quantitative estimate of drug-likeness (QED) is 0.824. The largest absolute Gasteiger partial charge is 0.465 e. The first kappa shape index (κ1) is 19.7. The fraction of sp³-hybridized carbons (Fsp3) is 0.619. The maximum atomic E-state index is 12.6.